The Labute approximate surface area is 305 Å². The van der Waals surface area contributed by atoms with Gasteiger partial charge in [-0.25, -0.2) is 9.97 Å². The van der Waals surface area contributed by atoms with Crippen LogP contribution in [0.4, 0.5) is 0 Å². The van der Waals surface area contributed by atoms with Gasteiger partial charge in [-0.05, 0) is 78.5 Å². The van der Waals surface area contributed by atoms with Gasteiger partial charge >= 0.3 is 0 Å². The van der Waals surface area contributed by atoms with Gasteiger partial charge in [-0.2, -0.15) is 0 Å². The van der Waals surface area contributed by atoms with E-state index in [4.69, 9.17) is 9.97 Å². The lowest BCUT2D eigenvalue weighted by Gasteiger charge is -2.22. The van der Waals surface area contributed by atoms with Gasteiger partial charge in [-0.15, -0.1) is 0 Å². The molecule has 0 fully saturated rings. The predicted octanol–water partition coefficient (Wildman–Crippen LogP) is 12.9. The SMILES string of the molecule is CC1(C)c2ccccc2-c2ccc(-c3cc(-c4ccc(-c5cccc6c5-c5ccccc5C6(C)C)c5ccccc45)nc(-c4ccccc4)n3)cc21. The normalized spacial score (nSPS) is 14.5. The van der Waals surface area contributed by atoms with Gasteiger partial charge < -0.3 is 0 Å². The summed E-state index contributed by atoms with van der Waals surface area (Å²) in [5.74, 6) is 0.726. The molecule has 1 heterocycles. The van der Waals surface area contributed by atoms with Crippen molar-refractivity contribution in [1.82, 2.24) is 9.97 Å². The van der Waals surface area contributed by atoms with E-state index in [9.17, 15) is 0 Å². The molecule has 0 aliphatic heterocycles. The van der Waals surface area contributed by atoms with Crippen molar-refractivity contribution < 1.29 is 0 Å². The highest BCUT2D eigenvalue weighted by Crippen LogP contribution is 2.53. The van der Waals surface area contributed by atoms with E-state index in [1.54, 1.807) is 0 Å². The maximum atomic E-state index is 5.28. The first-order valence-electron chi connectivity index (χ1n) is 18.3. The van der Waals surface area contributed by atoms with Crippen molar-refractivity contribution in [2.45, 2.75) is 38.5 Å². The fraction of sp³-hybridized carbons (Fsp3) is 0.120. The molecule has 0 radical (unpaired) electrons. The molecule has 2 aliphatic rings. The third-order valence-corrected chi connectivity index (χ3v) is 11.7. The number of aromatic nitrogens is 2. The summed E-state index contributed by atoms with van der Waals surface area (Å²) in [6, 6.07) is 57.3. The Balaban J connectivity index is 1.17. The summed E-state index contributed by atoms with van der Waals surface area (Å²) in [6.07, 6.45) is 0. The number of fused-ring (bicyclic) bond motifs is 7. The van der Waals surface area contributed by atoms with Gasteiger partial charge in [0.15, 0.2) is 5.82 Å². The van der Waals surface area contributed by atoms with Crippen LogP contribution in [0.1, 0.15) is 49.9 Å². The monoisotopic (exact) mass is 666 g/mol. The molecule has 0 saturated heterocycles. The van der Waals surface area contributed by atoms with E-state index >= 15 is 0 Å². The molecule has 2 heteroatoms. The van der Waals surface area contributed by atoms with Crippen molar-refractivity contribution in [2.75, 3.05) is 0 Å². The van der Waals surface area contributed by atoms with Crippen LogP contribution in [0.15, 0.2) is 158 Å². The maximum absolute atomic E-state index is 5.28. The van der Waals surface area contributed by atoms with E-state index in [1.807, 2.05) is 6.07 Å². The van der Waals surface area contributed by atoms with Crippen LogP contribution in [-0.2, 0) is 10.8 Å². The molecule has 2 nitrogen and oxygen atoms in total. The molecular weight excluding hydrogens is 629 g/mol. The molecule has 2 aliphatic carbocycles. The van der Waals surface area contributed by atoms with Gasteiger partial charge in [-0.1, -0.05) is 173 Å². The van der Waals surface area contributed by atoms with E-state index in [-0.39, 0.29) is 10.8 Å². The minimum absolute atomic E-state index is 0.0571. The zero-order valence-electron chi connectivity index (χ0n) is 29.9. The summed E-state index contributed by atoms with van der Waals surface area (Å²) in [5.41, 5.74) is 18.2. The zero-order chi connectivity index (χ0) is 35.2. The van der Waals surface area contributed by atoms with Crippen molar-refractivity contribution in [1.29, 1.82) is 0 Å². The molecular formula is C50H38N2. The molecule has 0 saturated carbocycles. The summed E-state index contributed by atoms with van der Waals surface area (Å²) in [5, 5.41) is 2.39. The summed E-state index contributed by atoms with van der Waals surface area (Å²) < 4.78 is 0. The van der Waals surface area contributed by atoms with Crippen LogP contribution >= 0.6 is 0 Å². The Morgan fingerprint density at radius 1 is 0.346 bits per heavy atom. The highest BCUT2D eigenvalue weighted by Gasteiger charge is 2.37. The summed E-state index contributed by atoms with van der Waals surface area (Å²) in [7, 11) is 0. The second-order valence-corrected chi connectivity index (χ2v) is 15.4. The van der Waals surface area contributed by atoms with Crippen LogP contribution in [0.3, 0.4) is 0 Å². The second kappa shape index (κ2) is 11.2. The van der Waals surface area contributed by atoms with Crippen LogP contribution in [-0.4, -0.2) is 9.97 Å². The minimum Gasteiger partial charge on any atom is -0.228 e. The first-order valence-corrected chi connectivity index (χ1v) is 18.3. The van der Waals surface area contributed by atoms with Gasteiger partial charge in [0, 0.05) is 27.5 Å². The Morgan fingerprint density at radius 3 is 1.67 bits per heavy atom. The Morgan fingerprint density at radius 2 is 0.885 bits per heavy atom. The van der Waals surface area contributed by atoms with Gasteiger partial charge in [0.05, 0.1) is 11.4 Å². The minimum atomic E-state index is -0.0978. The highest BCUT2D eigenvalue weighted by molar-refractivity contribution is 6.08. The molecule has 0 spiro atoms. The van der Waals surface area contributed by atoms with E-state index < -0.39 is 0 Å². The van der Waals surface area contributed by atoms with Crippen LogP contribution in [0, 0.1) is 0 Å². The largest absolute Gasteiger partial charge is 0.228 e. The summed E-state index contributed by atoms with van der Waals surface area (Å²) >= 11 is 0. The van der Waals surface area contributed by atoms with Crippen molar-refractivity contribution in [2.24, 2.45) is 0 Å². The van der Waals surface area contributed by atoms with Gasteiger partial charge in [0.2, 0.25) is 0 Å². The molecule has 248 valence electrons. The molecule has 0 bridgehead atoms. The first kappa shape index (κ1) is 30.7. The predicted molar refractivity (Wildman–Crippen MR) is 216 cm³/mol. The Bertz CT molecular complexity index is 2730. The lowest BCUT2D eigenvalue weighted by atomic mass is 9.81. The number of rotatable bonds is 4. The second-order valence-electron chi connectivity index (χ2n) is 15.4. The third kappa shape index (κ3) is 4.43. The number of benzene rings is 7. The van der Waals surface area contributed by atoms with E-state index in [1.165, 1.54) is 66.4 Å². The fourth-order valence-corrected chi connectivity index (χ4v) is 9.05. The molecule has 7 aromatic carbocycles. The topological polar surface area (TPSA) is 25.8 Å². The highest BCUT2D eigenvalue weighted by atomic mass is 14.9. The van der Waals surface area contributed by atoms with E-state index in [2.05, 4.69) is 179 Å². The Kier molecular flexibility index (Phi) is 6.60. The number of nitrogens with zero attached hydrogens (tertiary/aromatic N) is 2. The Hall–Kier alpha value is -6.12. The van der Waals surface area contributed by atoms with E-state index in [0.29, 0.717) is 0 Å². The lowest BCUT2D eigenvalue weighted by molar-refractivity contribution is 0.660. The molecule has 1 aromatic heterocycles. The van der Waals surface area contributed by atoms with Gasteiger partial charge in [0.25, 0.3) is 0 Å². The van der Waals surface area contributed by atoms with Crippen molar-refractivity contribution in [3.05, 3.63) is 180 Å². The third-order valence-electron chi connectivity index (χ3n) is 11.7. The molecule has 0 amide bonds. The van der Waals surface area contributed by atoms with Crippen LogP contribution in [0.5, 0.6) is 0 Å². The molecule has 8 aromatic rings. The average molecular weight is 667 g/mol. The molecule has 0 N–H and O–H groups in total. The number of hydrogen-bond acceptors (Lipinski definition) is 2. The first-order chi connectivity index (χ1) is 25.3. The van der Waals surface area contributed by atoms with Crippen molar-refractivity contribution >= 4 is 10.8 Å². The van der Waals surface area contributed by atoms with Crippen molar-refractivity contribution in [3.63, 3.8) is 0 Å². The molecule has 0 atom stereocenters. The molecule has 10 rings (SSSR count). The number of hydrogen-bond donors (Lipinski definition) is 0. The van der Waals surface area contributed by atoms with Gasteiger partial charge in [-0.3, -0.25) is 0 Å². The molecule has 0 unspecified atom stereocenters. The smallest absolute Gasteiger partial charge is 0.160 e. The fourth-order valence-electron chi connectivity index (χ4n) is 9.05. The lowest BCUT2D eigenvalue weighted by Crippen LogP contribution is -2.14. The van der Waals surface area contributed by atoms with Crippen LogP contribution < -0.4 is 0 Å². The molecule has 52 heavy (non-hydrogen) atoms. The van der Waals surface area contributed by atoms with Crippen molar-refractivity contribution in [3.8, 4) is 67.3 Å². The summed E-state index contributed by atoms with van der Waals surface area (Å²) in [4.78, 5) is 10.5. The quantitative estimate of drug-likeness (QED) is 0.187. The standard InChI is InChI=1S/C50H38N2/c1-49(2)42-23-13-11-20-40(42)47-39(21-14-24-43(47)49)35-27-28-38(34-18-9-8-17-33(34)35)46-30-45(51-48(52-46)31-15-6-5-7-16-31)32-25-26-37-36-19-10-12-22-41(36)50(3,4)44(37)29-32/h5-30H,1-4H3. The van der Waals surface area contributed by atoms with E-state index in [0.717, 1.165) is 33.9 Å². The summed E-state index contributed by atoms with van der Waals surface area (Å²) in [6.45, 7) is 9.36. The zero-order valence-corrected chi connectivity index (χ0v) is 29.9. The maximum Gasteiger partial charge on any atom is 0.160 e. The van der Waals surface area contributed by atoms with Gasteiger partial charge in [0.1, 0.15) is 0 Å². The average Bonchev–Trinajstić information content (AvgIpc) is 3.57. The van der Waals surface area contributed by atoms with Crippen LogP contribution in [0.25, 0.3) is 78.1 Å². The van der Waals surface area contributed by atoms with Crippen LogP contribution in [0.2, 0.25) is 0 Å².